The van der Waals surface area contributed by atoms with E-state index in [2.05, 4.69) is 11.9 Å². The van der Waals surface area contributed by atoms with Crippen molar-refractivity contribution in [2.45, 2.75) is 39.2 Å². The lowest BCUT2D eigenvalue weighted by molar-refractivity contribution is 0.0793. The average Bonchev–Trinajstić information content (AvgIpc) is 2.92. The van der Waals surface area contributed by atoms with E-state index in [1.807, 2.05) is 17.9 Å². The number of aromatic nitrogens is 1. The maximum atomic E-state index is 12.5. The number of carbonyl (C=O) groups excluding carboxylic acids is 1. The summed E-state index contributed by atoms with van der Waals surface area (Å²) in [6.07, 6.45) is 5.92. The number of pyridine rings is 1. The summed E-state index contributed by atoms with van der Waals surface area (Å²) < 4.78 is 23.5. The molecule has 0 aromatic carbocycles. The fourth-order valence-corrected chi connectivity index (χ4v) is 4.82. The Balaban J connectivity index is 2.17. The van der Waals surface area contributed by atoms with Crippen LogP contribution in [0.15, 0.2) is 18.5 Å². The van der Waals surface area contributed by atoms with Gasteiger partial charge in [0, 0.05) is 32.4 Å². The number of sulfone groups is 1. The van der Waals surface area contributed by atoms with Crippen molar-refractivity contribution >= 4 is 21.4 Å². The Morgan fingerprint density at radius 3 is 2.67 bits per heavy atom. The maximum absolute atomic E-state index is 12.5. The smallest absolute Gasteiger partial charge is 0.255 e. The Bertz CT molecular complexity index is 675. The second-order valence-electron chi connectivity index (χ2n) is 6.35. The summed E-state index contributed by atoms with van der Waals surface area (Å²) in [7, 11) is -1.15. The predicted molar refractivity (Wildman–Crippen MR) is 96.2 cm³/mol. The van der Waals surface area contributed by atoms with Crippen molar-refractivity contribution in [2.75, 3.05) is 36.5 Å². The molecule has 1 saturated heterocycles. The molecule has 0 N–H and O–H groups in total. The quantitative estimate of drug-likeness (QED) is 0.749. The lowest BCUT2D eigenvalue weighted by Gasteiger charge is -2.29. The normalized spacial score (nSPS) is 19.2. The molecule has 0 saturated carbocycles. The first-order valence-electron chi connectivity index (χ1n) is 8.55. The van der Waals surface area contributed by atoms with E-state index >= 15 is 0 Å². The van der Waals surface area contributed by atoms with Crippen LogP contribution in [0.4, 0.5) is 5.69 Å². The van der Waals surface area contributed by atoms with Gasteiger partial charge in [0.15, 0.2) is 9.84 Å². The third-order valence-corrected chi connectivity index (χ3v) is 6.24. The number of carbonyl (C=O) groups is 1. The Morgan fingerprint density at radius 2 is 2.08 bits per heavy atom. The van der Waals surface area contributed by atoms with E-state index in [-0.39, 0.29) is 23.5 Å². The minimum absolute atomic E-state index is 0.0371. The molecule has 134 valence electrons. The van der Waals surface area contributed by atoms with Gasteiger partial charge in [-0.1, -0.05) is 13.3 Å². The third-order valence-electron chi connectivity index (χ3n) is 4.49. The van der Waals surface area contributed by atoms with Gasteiger partial charge in [0.25, 0.3) is 5.91 Å². The summed E-state index contributed by atoms with van der Waals surface area (Å²) in [5.41, 5.74) is 1.36. The first-order valence-corrected chi connectivity index (χ1v) is 10.4. The van der Waals surface area contributed by atoms with Crippen LogP contribution in [-0.2, 0) is 9.84 Å². The van der Waals surface area contributed by atoms with Crippen LogP contribution in [-0.4, -0.2) is 61.9 Å². The Labute approximate surface area is 144 Å². The summed E-state index contributed by atoms with van der Waals surface area (Å²) in [5.74, 6) is 0.364. The Kier molecular flexibility index (Phi) is 6.21. The van der Waals surface area contributed by atoms with Crippen LogP contribution in [0.2, 0.25) is 0 Å². The molecule has 1 aliphatic rings. The number of unbranched alkanes of at least 4 members (excludes halogenated alkanes) is 1. The summed E-state index contributed by atoms with van der Waals surface area (Å²) in [6.45, 7) is 5.49. The van der Waals surface area contributed by atoms with Crippen molar-refractivity contribution < 1.29 is 13.2 Å². The number of rotatable bonds is 7. The molecule has 6 nitrogen and oxygen atoms in total. The highest BCUT2D eigenvalue weighted by Crippen LogP contribution is 2.24. The zero-order chi connectivity index (χ0) is 17.7. The summed E-state index contributed by atoms with van der Waals surface area (Å²) in [6, 6.07) is 1.79. The van der Waals surface area contributed by atoms with Crippen molar-refractivity contribution in [2.24, 2.45) is 0 Å². The number of hydrogen-bond donors (Lipinski definition) is 0. The highest BCUT2D eigenvalue weighted by atomic mass is 32.2. The predicted octanol–water partition coefficient (Wildman–Crippen LogP) is 1.97. The van der Waals surface area contributed by atoms with Crippen LogP contribution < -0.4 is 4.90 Å². The van der Waals surface area contributed by atoms with E-state index in [1.54, 1.807) is 24.3 Å². The molecule has 1 unspecified atom stereocenters. The number of anilines is 1. The zero-order valence-corrected chi connectivity index (χ0v) is 15.6. The van der Waals surface area contributed by atoms with Gasteiger partial charge in [0.05, 0.1) is 29.0 Å². The molecule has 1 atom stereocenters. The molecule has 0 spiro atoms. The summed E-state index contributed by atoms with van der Waals surface area (Å²) in [4.78, 5) is 20.5. The monoisotopic (exact) mass is 353 g/mol. The van der Waals surface area contributed by atoms with Crippen molar-refractivity contribution in [3.63, 3.8) is 0 Å². The van der Waals surface area contributed by atoms with Crippen LogP contribution in [0, 0.1) is 0 Å². The standard InChI is InChI=1S/C17H27N3O3S/c1-4-6-8-19(3)17(21)14-10-16(12-18-11-14)20(5-2)15-7-9-24(22,23)13-15/h10-12,15H,4-9,13H2,1-3H3. The molecule has 24 heavy (non-hydrogen) atoms. The van der Waals surface area contributed by atoms with Gasteiger partial charge in [-0.25, -0.2) is 8.42 Å². The molecule has 1 aromatic heterocycles. The van der Waals surface area contributed by atoms with Crippen LogP contribution in [0.5, 0.6) is 0 Å². The molecule has 2 heterocycles. The van der Waals surface area contributed by atoms with Gasteiger partial charge < -0.3 is 9.80 Å². The topological polar surface area (TPSA) is 70.6 Å². The molecule has 7 heteroatoms. The van der Waals surface area contributed by atoms with Gasteiger partial charge in [0.1, 0.15) is 0 Å². The average molecular weight is 353 g/mol. The van der Waals surface area contributed by atoms with Gasteiger partial charge in [-0.3, -0.25) is 9.78 Å². The Morgan fingerprint density at radius 1 is 1.33 bits per heavy atom. The van der Waals surface area contributed by atoms with Gasteiger partial charge >= 0.3 is 0 Å². The maximum Gasteiger partial charge on any atom is 0.255 e. The van der Waals surface area contributed by atoms with E-state index in [9.17, 15) is 13.2 Å². The molecular weight excluding hydrogens is 326 g/mol. The van der Waals surface area contributed by atoms with Crippen molar-refractivity contribution in [1.29, 1.82) is 0 Å². The lowest BCUT2D eigenvalue weighted by atomic mass is 10.1. The molecule has 1 aromatic rings. The highest BCUT2D eigenvalue weighted by molar-refractivity contribution is 7.91. The van der Waals surface area contributed by atoms with E-state index in [1.165, 1.54) is 0 Å². The van der Waals surface area contributed by atoms with E-state index in [0.29, 0.717) is 18.5 Å². The summed E-state index contributed by atoms with van der Waals surface area (Å²) in [5, 5.41) is 0. The van der Waals surface area contributed by atoms with E-state index < -0.39 is 9.84 Å². The molecule has 2 rings (SSSR count). The minimum Gasteiger partial charge on any atom is -0.367 e. The summed E-state index contributed by atoms with van der Waals surface area (Å²) >= 11 is 0. The fourth-order valence-electron chi connectivity index (χ4n) is 3.09. The van der Waals surface area contributed by atoms with Crippen LogP contribution >= 0.6 is 0 Å². The second-order valence-corrected chi connectivity index (χ2v) is 8.58. The number of amides is 1. The van der Waals surface area contributed by atoms with Crippen molar-refractivity contribution in [3.8, 4) is 0 Å². The van der Waals surface area contributed by atoms with Gasteiger partial charge in [-0.05, 0) is 25.8 Å². The molecule has 0 bridgehead atoms. The number of nitrogens with zero attached hydrogens (tertiary/aromatic N) is 3. The van der Waals surface area contributed by atoms with Gasteiger partial charge in [-0.2, -0.15) is 0 Å². The van der Waals surface area contributed by atoms with E-state index in [0.717, 1.165) is 25.1 Å². The molecule has 1 amide bonds. The molecule has 0 radical (unpaired) electrons. The molecule has 0 aliphatic carbocycles. The zero-order valence-electron chi connectivity index (χ0n) is 14.7. The molecular formula is C17H27N3O3S. The number of hydrogen-bond acceptors (Lipinski definition) is 5. The molecule has 1 aliphatic heterocycles. The third kappa shape index (κ3) is 4.47. The first kappa shape index (κ1) is 18.7. The Hall–Kier alpha value is -1.63. The van der Waals surface area contributed by atoms with Crippen LogP contribution in [0.1, 0.15) is 43.5 Å². The first-order chi connectivity index (χ1) is 11.4. The second kappa shape index (κ2) is 7.96. The van der Waals surface area contributed by atoms with Crippen molar-refractivity contribution in [3.05, 3.63) is 24.0 Å². The fraction of sp³-hybridized carbons (Fsp3) is 0.647. The van der Waals surface area contributed by atoms with Gasteiger partial charge in [0.2, 0.25) is 0 Å². The van der Waals surface area contributed by atoms with Crippen LogP contribution in [0.25, 0.3) is 0 Å². The van der Waals surface area contributed by atoms with E-state index in [4.69, 9.17) is 0 Å². The highest BCUT2D eigenvalue weighted by Gasteiger charge is 2.32. The lowest BCUT2D eigenvalue weighted by Crippen LogP contribution is -2.36. The van der Waals surface area contributed by atoms with Gasteiger partial charge in [-0.15, -0.1) is 0 Å². The van der Waals surface area contributed by atoms with Crippen molar-refractivity contribution in [1.82, 2.24) is 9.88 Å². The SMILES string of the molecule is CCCCN(C)C(=O)c1cncc(N(CC)C2CCS(=O)(=O)C2)c1. The largest absolute Gasteiger partial charge is 0.367 e. The molecule has 1 fully saturated rings. The minimum atomic E-state index is -2.95. The van der Waals surface area contributed by atoms with Crippen LogP contribution in [0.3, 0.4) is 0 Å².